The van der Waals surface area contributed by atoms with Crippen LogP contribution in [0.1, 0.15) is 52.8 Å². The molecule has 0 N–H and O–H groups in total. The van der Waals surface area contributed by atoms with Crippen molar-refractivity contribution in [1.29, 1.82) is 0 Å². The number of rotatable bonds is 2. The van der Waals surface area contributed by atoms with Crippen molar-refractivity contribution in [2.75, 3.05) is 0 Å². The number of alkyl halides is 3. The van der Waals surface area contributed by atoms with Gasteiger partial charge in [0.15, 0.2) is 5.78 Å². The highest BCUT2D eigenvalue weighted by atomic mass is 19.4. The number of carbonyl (C=O) groups is 3. The largest absolute Gasteiger partial charge is 0.391 e. The van der Waals surface area contributed by atoms with Crippen LogP contribution in [0.5, 0.6) is 0 Å². The van der Waals surface area contributed by atoms with E-state index in [0.29, 0.717) is 12.8 Å². The number of halogens is 3. The molecule has 6 heteroatoms. The van der Waals surface area contributed by atoms with Crippen LogP contribution in [0.15, 0.2) is 24.3 Å². The van der Waals surface area contributed by atoms with Crippen molar-refractivity contribution in [3.8, 4) is 0 Å². The normalized spacial score (nSPS) is 28.0. The quantitative estimate of drug-likeness (QED) is 0.605. The summed E-state index contributed by atoms with van der Waals surface area (Å²) < 4.78 is 38.8. The second-order valence-electron chi connectivity index (χ2n) is 6.66. The fraction of sp³-hybridized carbons (Fsp3) is 0.500. The van der Waals surface area contributed by atoms with Gasteiger partial charge in [-0.2, -0.15) is 13.2 Å². The molecule has 3 nitrogen and oxygen atoms in total. The monoisotopic (exact) mass is 338 g/mol. The van der Waals surface area contributed by atoms with Gasteiger partial charge in [0, 0.05) is 11.1 Å². The molecule has 0 heterocycles. The Morgan fingerprint density at radius 3 is 2.29 bits per heavy atom. The van der Waals surface area contributed by atoms with Gasteiger partial charge in [-0.15, -0.1) is 0 Å². The molecule has 0 bridgehead atoms. The van der Waals surface area contributed by atoms with Gasteiger partial charge >= 0.3 is 6.18 Å². The van der Waals surface area contributed by atoms with Crippen LogP contribution in [0.3, 0.4) is 0 Å². The van der Waals surface area contributed by atoms with E-state index >= 15 is 0 Å². The van der Waals surface area contributed by atoms with E-state index in [-0.39, 0.29) is 36.3 Å². The zero-order valence-electron chi connectivity index (χ0n) is 12.9. The molecule has 0 aliphatic heterocycles. The van der Waals surface area contributed by atoms with Crippen molar-refractivity contribution < 1.29 is 27.6 Å². The molecule has 0 radical (unpaired) electrons. The average molecular weight is 338 g/mol. The predicted octanol–water partition coefficient (Wildman–Crippen LogP) is 4.01. The summed E-state index contributed by atoms with van der Waals surface area (Å²) in [5, 5.41) is 0. The summed E-state index contributed by atoms with van der Waals surface area (Å²) in [6.45, 7) is 0. The lowest BCUT2D eigenvalue weighted by Gasteiger charge is -2.32. The van der Waals surface area contributed by atoms with Crippen molar-refractivity contribution >= 4 is 17.3 Å². The van der Waals surface area contributed by atoms with Gasteiger partial charge in [0.05, 0.1) is 11.8 Å². The first kappa shape index (κ1) is 16.9. The van der Waals surface area contributed by atoms with Gasteiger partial charge in [-0.25, -0.2) is 0 Å². The third-order valence-electron chi connectivity index (χ3n) is 5.11. The highest BCUT2D eigenvalue weighted by molar-refractivity contribution is 6.51. The third kappa shape index (κ3) is 3.01. The summed E-state index contributed by atoms with van der Waals surface area (Å²) in [6, 6.07) is 6.11. The standard InChI is InChI=1S/C18H17F3O3/c19-18(20,21)11-5-3-4-10(8-11)9-14-15(22)12-6-1-2-7-13(12)16(23)17(14)24/h1-2,6-7,10-11,14H,3-5,8-9H2. The first-order chi connectivity index (χ1) is 11.3. The number of carbonyl (C=O) groups excluding carboxylic acids is 3. The van der Waals surface area contributed by atoms with Crippen LogP contribution >= 0.6 is 0 Å². The Morgan fingerprint density at radius 1 is 0.958 bits per heavy atom. The number of hydrogen-bond acceptors (Lipinski definition) is 3. The van der Waals surface area contributed by atoms with Gasteiger partial charge in [-0.3, -0.25) is 14.4 Å². The molecule has 0 spiro atoms. The number of benzene rings is 1. The van der Waals surface area contributed by atoms with Crippen molar-refractivity contribution in [2.45, 2.75) is 38.3 Å². The molecule has 0 aromatic heterocycles. The second kappa shape index (κ2) is 6.15. The van der Waals surface area contributed by atoms with Crippen LogP contribution in [-0.4, -0.2) is 23.5 Å². The summed E-state index contributed by atoms with van der Waals surface area (Å²) in [5.41, 5.74) is 0.302. The maximum Gasteiger partial charge on any atom is 0.391 e. The van der Waals surface area contributed by atoms with Gasteiger partial charge in [0.2, 0.25) is 11.6 Å². The van der Waals surface area contributed by atoms with Crippen molar-refractivity contribution in [3.05, 3.63) is 35.4 Å². The van der Waals surface area contributed by atoms with Crippen LogP contribution in [0, 0.1) is 17.8 Å². The van der Waals surface area contributed by atoms with Crippen molar-refractivity contribution in [1.82, 2.24) is 0 Å². The Hall–Kier alpha value is -1.98. The molecule has 1 aromatic rings. The van der Waals surface area contributed by atoms with Gasteiger partial charge in [-0.05, 0) is 25.2 Å². The minimum Gasteiger partial charge on any atom is -0.293 e. The maximum atomic E-state index is 12.9. The molecule has 1 saturated carbocycles. The predicted molar refractivity (Wildman–Crippen MR) is 79.7 cm³/mol. The number of hydrogen-bond donors (Lipinski definition) is 0. The van der Waals surface area contributed by atoms with Crippen LogP contribution < -0.4 is 0 Å². The minimum absolute atomic E-state index is 0.0321. The van der Waals surface area contributed by atoms with Gasteiger partial charge in [0.1, 0.15) is 0 Å². The fourth-order valence-electron chi connectivity index (χ4n) is 3.84. The Bertz CT molecular complexity index is 693. The summed E-state index contributed by atoms with van der Waals surface area (Å²) in [5.74, 6) is -4.81. The lowest BCUT2D eigenvalue weighted by molar-refractivity contribution is -0.186. The number of ketones is 3. The Kier molecular flexibility index (Phi) is 4.32. The molecule has 1 aromatic carbocycles. The summed E-state index contributed by atoms with van der Waals surface area (Å²) >= 11 is 0. The molecular formula is C18H17F3O3. The van der Waals surface area contributed by atoms with Crippen LogP contribution in [0.2, 0.25) is 0 Å². The molecule has 3 rings (SSSR count). The topological polar surface area (TPSA) is 51.2 Å². The molecule has 1 fully saturated rings. The Balaban J connectivity index is 1.79. The van der Waals surface area contributed by atoms with Crippen molar-refractivity contribution in [3.63, 3.8) is 0 Å². The second-order valence-corrected chi connectivity index (χ2v) is 6.66. The van der Waals surface area contributed by atoms with E-state index in [2.05, 4.69) is 0 Å². The first-order valence-corrected chi connectivity index (χ1v) is 8.07. The molecule has 3 unspecified atom stereocenters. The van der Waals surface area contributed by atoms with Crippen molar-refractivity contribution in [2.24, 2.45) is 17.8 Å². The third-order valence-corrected chi connectivity index (χ3v) is 5.11. The maximum absolute atomic E-state index is 12.9. The zero-order chi connectivity index (χ0) is 17.5. The number of Topliss-reactive ketones (excluding diaryl/α,β-unsaturated/α-hetero) is 3. The summed E-state index contributed by atoms with van der Waals surface area (Å²) in [6.07, 6.45) is -3.22. The lowest BCUT2D eigenvalue weighted by Crippen LogP contribution is -2.39. The van der Waals surface area contributed by atoms with Crippen LogP contribution in [-0.2, 0) is 4.79 Å². The van der Waals surface area contributed by atoms with E-state index in [1.165, 1.54) is 12.1 Å². The van der Waals surface area contributed by atoms with E-state index in [1.807, 2.05) is 0 Å². The van der Waals surface area contributed by atoms with Crippen LogP contribution in [0.4, 0.5) is 13.2 Å². The fourth-order valence-corrected chi connectivity index (χ4v) is 3.84. The van der Waals surface area contributed by atoms with E-state index < -0.39 is 35.4 Å². The minimum atomic E-state index is -4.25. The average Bonchev–Trinajstić information content (AvgIpc) is 2.56. The smallest absolute Gasteiger partial charge is 0.293 e. The van der Waals surface area contributed by atoms with E-state index in [0.717, 1.165) is 0 Å². The highest BCUT2D eigenvalue weighted by Gasteiger charge is 2.45. The molecule has 3 atom stereocenters. The van der Waals surface area contributed by atoms with E-state index in [1.54, 1.807) is 12.1 Å². The summed E-state index contributed by atoms with van der Waals surface area (Å²) in [4.78, 5) is 36.9. The van der Waals surface area contributed by atoms with E-state index in [9.17, 15) is 27.6 Å². The highest BCUT2D eigenvalue weighted by Crippen LogP contribution is 2.42. The number of fused-ring (bicyclic) bond motifs is 1. The molecule has 128 valence electrons. The molecule has 2 aliphatic carbocycles. The van der Waals surface area contributed by atoms with Gasteiger partial charge in [-0.1, -0.05) is 37.1 Å². The van der Waals surface area contributed by atoms with Crippen LogP contribution in [0.25, 0.3) is 0 Å². The Morgan fingerprint density at radius 2 is 1.62 bits per heavy atom. The molecule has 0 amide bonds. The molecule has 2 aliphatic rings. The summed E-state index contributed by atoms with van der Waals surface area (Å²) in [7, 11) is 0. The first-order valence-electron chi connectivity index (χ1n) is 8.07. The zero-order valence-corrected chi connectivity index (χ0v) is 12.9. The molecule has 24 heavy (non-hydrogen) atoms. The lowest BCUT2D eigenvalue weighted by atomic mass is 9.72. The van der Waals surface area contributed by atoms with Gasteiger partial charge < -0.3 is 0 Å². The molecule has 0 saturated heterocycles. The van der Waals surface area contributed by atoms with Gasteiger partial charge in [0.25, 0.3) is 0 Å². The molecular weight excluding hydrogens is 321 g/mol. The van der Waals surface area contributed by atoms with E-state index in [4.69, 9.17) is 0 Å². The Labute approximate surface area is 137 Å². The SMILES string of the molecule is O=C1C(=O)C(CC2CCCC(C(F)(F)F)C2)C(=O)c2ccccc21.